The zero-order chi connectivity index (χ0) is 18.9. The fourth-order valence-electron chi connectivity index (χ4n) is 2.96. The number of esters is 2. The van der Waals surface area contributed by atoms with Crippen molar-refractivity contribution in [3.8, 4) is 0 Å². The molecule has 1 saturated heterocycles. The number of ether oxygens (including phenoxy) is 2. The number of rotatable bonds is 8. The molecule has 0 radical (unpaired) electrons. The summed E-state index contributed by atoms with van der Waals surface area (Å²) in [7, 11) is 1.38. The minimum atomic E-state index is -0.358. The van der Waals surface area contributed by atoms with Gasteiger partial charge in [-0.25, -0.2) is 0 Å². The highest BCUT2D eigenvalue weighted by atomic mass is 32.2. The number of hydrogen-bond acceptors (Lipinski definition) is 6. The Morgan fingerprint density at radius 3 is 2.58 bits per heavy atom. The lowest BCUT2D eigenvalue weighted by atomic mass is 10.0. The van der Waals surface area contributed by atoms with Crippen LogP contribution in [-0.2, 0) is 19.1 Å². The van der Waals surface area contributed by atoms with Gasteiger partial charge in [-0.2, -0.15) is 11.8 Å². The van der Waals surface area contributed by atoms with Crippen LogP contribution in [0.4, 0.5) is 0 Å². The van der Waals surface area contributed by atoms with Gasteiger partial charge < -0.3 is 14.8 Å². The second kappa shape index (κ2) is 10.2. The van der Waals surface area contributed by atoms with E-state index in [0.717, 1.165) is 19.3 Å². The Morgan fingerprint density at radius 1 is 1.19 bits per heavy atom. The molecule has 1 amide bonds. The molecule has 0 bridgehead atoms. The second-order valence-electron chi connectivity index (χ2n) is 6.21. The van der Waals surface area contributed by atoms with E-state index in [9.17, 15) is 14.4 Å². The molecule has 0 spiro atoms. The molecule has 0 aromatic heterocycles. The van der Waals surface area contributed by atoms with Gasteiger partial charge in [0.2, 0.25) is 0 Å². The number of amides is 1. The third-order valence-corrected chi connectivity index (χ3v) is 5.74. The van der Waals surface area contributed by atoms with E-state index in [-0.39, 0.29) is 35.2 Å². The average Bonchev–Trinajstić information content (AvgIpc) is 3.00. The molecule has 3 atom stereocenters. The summed E-state index contributed by atoms with van der Waals surface area (Å²) in [6.07, 6.45) is 2.42. The van der Waals surface area contributed by atoms with E-state index in [2.05, 4.69) is 10.1 Å². The molecule has 142 valence electrons. The average molecular weight is 379 g/mol. The van der Waals surface area contributed by atoms with Gasteiger partial charge in [0.1, 0.15) is 6.10 Å². The molecule has 6 nitrogen and oxygen atoms in total. The summed E-state index contributed by atoms with van der Waals surface area (Å²) in [5.74, 6) is -0.0395. The summed E-state index contributed by atoms with van der Waals surface area (Å²) < 4.78 is 10.1. The molecule has 1 aliphatic heterocycles. The Kier molecular flexibility index (Phi) is 7.97. The number of nitrogens with one attached hydrogen (secondary N) is 1. The molecule has 2 rings (SSSR count). The van der Waals surface area contributed by atoms with Crippen LogP contribution in [0, 0.1) is 0 Å². The summed E-state index contributed by atoms with van der Waals surface area (Å²) in [6.45, 7) is 1.38. The first kappa shape index (κ1) is 20.3. The van der Waals surface area contributed by atoms with Crippen molar-refractivity contribution in [1.29, 1.82) is 0 Å². The maximum absolute atomic E-state index is 12.4. The molecule has 1 N–H and O–H groups in total. The SMILES string of the molecule is COC(=O)CCCC[C@H]1SC[C@H](NC(=O)c2ccccc2)[C@H]1OC(C)=O. The molecule has 1 heterocycles. The van der Waals surface area contributed by atoms with Gasteiger partial charge in [0.25, 0.3) is 5.91 Å². The maximum Gasteiger partial charge on any atom is 0.305 e. The van der Waals surface area contributed by atoms with Gasteiger partial charge in [-0.15, -0.1) is 0 Å². The topological polar surface area (TPSA) is 81.7 Å². The molecular weight excluding hydrogens is 354 g/mol. The molecule has 1 aliphatic rings. The van der Waals surface area contributed by atoms with Crippen LogP contribution in [0.5, 0.6) is 0 Å². The van der Waals surface area contributed by atoms with Crippen molar-refractivity contribution in [2.75, 3.05) is 12.9 Å². The standard InChI is InChI=1S/C19H25NO5S/c1-13(21)25-18-15(20-19(23)14-8-4-3-5-9-14)12-26-16(18)10-6-7-11-17(22)24-2/h3-5,8-9,15-16,18H,6-7,10-12H2,1-2H3,(H,20,23)/t15-,16+,18+/m0/s1. The Hall–Kier alpha value is -2.02. The molecule has 7 heteroatoms. The number of thioether (sulfide) groups is 1. The lowest BCUT2D eigenvalue weighted by Gasteiger charge is -2.24. The van der Waals surface area contributed by atoms with Crippen LogP contribution in [0.15, 0.2) is 30.3 Å². The van der Waals surface area contributed by atoms with E-state index < -0.39 is 0 Å². The van der Waals surface area contributed by atoms with Crippen molar-refractivity contribution >= 4 is 29.6 Å². The van der Waals surface area contributed by atoms with E-state index in [4.69, 9.17) is 4.74 Å². The van der Waals surface area contributed by atoms with Crippen molar-refractivity contribution in [3.63, 3.8) is 0 Å². The monoisotopic (exact) mass is 379 g/mol. The molecular formula is C19H25NO5S. The van der Waals surface area contributed by atoms with Gasteiger partial charge in [-0.05, 0) is 25.0 Å². The number of benzene rings is 1. The van der Waals surface area contributed by atoms with Crippen molar-refractivity contribution in [2.45, 2.75) is 50.0 Å². The van der Waals surface area contributed by atoms with E-state index in [1.165, 1.54) is 14.0 Å². The first-order valence-electron chi connectivity index (χ1n) is 8.73. The number of methoxy groups -OCH3 is 1. The Balaban J connectivity index is 1.91. The molecule has 0 saturated carbocycles. The van der Waals surface area contributed by atoms with Crippen LogP contribution >= 0.6 is 11.8 Å². The van der Waals surface area contributed by atoms with Crippen LogP contribution in [-0.4, -0.2) is 48.1 Å². The van der Waals surface area contributed by atoms with E-state index in [0.29, 0.717) is 17.7 Å². The predicted molar refractivity (Wildman–Crippen MR) is 100.0 cm³/mol. The lowest BCUT2D eigenvalue weighted by Crippen LogP contribution is -2.46. The fourth-order valence-corrected chi connectivity index (χ4v) is 4.45. The van der Waals surface area contributed by atoms with Crippen molar-refractivity contribution in [3.05, 3.63) is 35.9 Å². The smallest absolute Gasteiger partial charge is 0.305 e. The minimum absolute atomic E-state index is 0.109. The Labute approximate surface area is 158 Å². The maximum atomic E-state index is 12.4. The van der Waals surface area contributed by atoms with Gasteiger partial charge in [-0.1, -0.05) is 24.6 Å². The molecule has 1 aromatic rings. The van der Waals surface area contributed by atoms with Crippen molar-refractivity contribution < 1.29 is 23.9 Å². The first-order valence-corrected chi connectivity index (χ1v) is 9.77. The molecule has 1 aromatic carbocycles. The van der Waals surface area contributed by atoms with Crippen LogP contribution in [0.1, 0.15) is 43.0 Å². The third kappa shape index (κ3) is 6.05. The minimum Gasteiger partial charge on any atom is -0.469 e. The molecule has 0 aliphatic carbocycles. The predicted octanol–water partition coefficient (Wildman–Crippen LogP) is 2.57. The highest BCUT2D eigenvalue weighted by Crippen LogP contribution is 2.33. The quantitative estimate of drug-likeness (QED) is 0.552. The van der Waals surface area contributed by atoms with Crippen molar-refractivity contribution in [2.24, 2.45) is 0 Å². The van der Waals surface area contributed by atoms with Crippen LogP contribution < -0.4 is 5.32 Å². The van der Waals surface area contributed by atoms with Crippen molar-refractivity contribution in [1.82, 2.24) is 5.32 Å². The summed E-state index contributed by atoms with van der Waals surface area (Å²) in [5, 5.41) is 3.10. The van der Waals surface area contributed by atoms with E-state index >= 15 is 0 Å². The summed E-state index contributed by atoms with van der Waals surface area (Å²) in [6, 6.07) is 8.76. The van der Waals surface area contributed by atoms with Gasteiger partial charge >= 0.3 is 11.9 Å². The molecule has 0 unspecified atom stereocenters. The lowest BCUT2D eigenvalue weighted by molar-refractivity contribution is -0.147. The summed E-state index contributed by atoms with van der Waals surface area (Å²) in [5.41, 5.74) is 0.584. The van der Waals surface area contributed by atoms with E-state index in [1.54, 1.807) is 23.9 Å². The first-order chi connectivity index (χ1) is 12.5. The number of unbranched alkanes of at least 4 members (excludes halogenated alkanes) is 1. The van der Waals surface area contributed by atoms with Gasteiger partial charge in [0.05, 0.1) is 13.2 Å². The fraction of sp³-hybridized carbons (Fsp3) is 0.526. The second-order valence-corrected chi connectivity index (χ2v) is 7.49. The zero-order valence-corrected chi connectivity index (χ0v) is 15.9. The zero-order valence-electron chi connectivity index (χ0n) is 15.1. The highest BCUT2D eigenvalue weighted by Gasteiger charge is 2.39. The van der Waals surface area contributed by atoms with Gasteiger partial charge in [-0.3, -0.25) is 14.4 Å². The molecule has 1 fully saturated rings. The molecule has 26 heavy (non-hydrogen) atoms. The Morgan fingerprint density at radius 2 is 1.92 bits per heavy atom. The van der Waals surface area contributed by atoms with Gasteiger partial charge in [0.15, 0.2) is 0 Å². The largest absolute Gasteiger partial charge is 0.469 e. The van der Waals surface area contributed by atoms with E-state index in [1.807, 2.05) is 18.2 Å². The highest BCUT2D eigenvalue weighted by molar-refractivity contribution is 8.00. The summed E-state index contributed by atoms with van der Waals surface area (Å²) in [4.78, 5) is 35.1. The van der Waals surface area contributed by atoms with Gasteiger partial charge in [0, 0.05) is 29.9 Å². The third-order valence-electron chi connectivity index (χ3n) is 4.25. The number of carbonyl (C=O) groups is 3. The Bertz CT molecular complexity index is 622. The number of carbonyl (C=O) groups excluding carboxylic acids is 3. The normalized spacial score (nSPS) is 21.8. The number of hydrogen-bond donors (Lipinski definition) is 1. The van der Waals surface area contributed by atoms with Crippen LogP contribution in [0.3, 0.4) is 0 Å². The van der Waals surface area contributed by atoms with Crippen LogP contribution in [0.25, 0.3) is 0 Å². The summed E-state index contributed by atoms with van der Waals surface area (Å²) >= 11 is 1.69. The van der Waals surface area contributed by atoms with Crippen LogP contribution in [0.2, 0.25) is 0 Å².